The predicted molar refractivity (Wildman–Crippen MR) is 217 cm³/mol. The molecule has 0 N–H and O–H groups in total. The number of allylic oxidation sites excluding steroid dienone is 10. The summed E-state index contributed by atoms with van der Waals surface area (Å²) in [6.07, 6.45) is 21.3. The van der Waals surface area contributed by atoms with Crippen molar-refractivity contribution in [3.63, 3.8) is 0 Å². The van der Waals surface area contributed by atoms with Crippen molar-refractivity contribution < 1.29 is 4.58 Å². The maximum Gasteiger partial charge on any atom is 0.199 e. The quantitative estimate of drug-likeness (QED) is 0.131. The van der Waals surface area contributed by atoms with Gasteiger partial charge in [0.05, 0.1) is 0 Å². The van der Waals surface area contributed by atoms with Crippen molar-refractivity contribution in [1.29, 1.82) is 0 Å². The van der Waals surface area contributed by atoms with Gasteiger partial charge < -0.3 is 14.7 Å². The van der Waals surface area contributed by atoms with Crippen LogP contribution >= 0.6 is 0 Å². The van der Waals surface area contributed by atoms with E-state index in [0.717, 1.165) is 52.4 Å². The molecule has 4 nitrogen and oxygen atoms in total. The molecule has 0 bridgehead atoms. The van der Waals surface area contributed by atoms with Crippen LogP contribution in [-0.2, 0) is 0 Å². The Bertz CT molecular complexity index is 1460. The topological polar surface area (TPSA) is 12.7 Å². The molecule has 0 unspecified atom stereocenters. The Morgan fingerprint density at radius 2 is 1.10 bits per heavy atom. The van der Waals surface area contributed by atoms with E-state index in [9.17, 15) is 0 Å². The number of rotatable bonds is 16. The zero-order valence-electron chi connectivity index (χ0n) is 32.1. The molecule has 0 saturated heterocycles. The molecule has 2 aromatic carbocycles. The summed E-state index contributed by atoms with van der Waals surface area (Å²) in [4.78, 5) is 7.50. The minimum atomic E-state index is 0.570. The first-order valence-corrected chi connectivity index (χ1v) is 19.5. The molecule has 2 aromatic rings. The van der Waals surface area contributed by atoms with Crippen LogP contribution in [0.25, 0.3) is 11.1 Å². The smallest absolute Gasteiger partial charge is 0.199 e. The van der Waals surface area contributed by atoms with Crippen molar-refractivity contribution in [2.24, 2.45) is 5.92 Å². The summed E-state index contributed by atoms with van der Waals surface area (Å²) in [5.41, 5.74) is 10.5. The molecule has 49 heavy (non-hydrogen) atoms. The lowest BCUT2D eigenvalue weighted by atomic mass is 9.78. The molecule has 0 aromatic heterocycles. The second-order valence-corrected chi connectivity index (χ2v) is 13.3. The summed E-state index contributed by atoms with van der Waals surface area (Å²) in [7, 11) is 0. The van der Waals surface area contributed by atoms with Crippen molar-refractivity contribution in [2.45, 2.75) is 87.1 Å². The van der Waals surface area contributed by atoms with Crippen LogP contribution in [-0.4, -0.2) is 73.6 Å². The number of benzene rings is 2. The lowest BCUT2D eigenvalue weighted by molar-refractivity contribution is -0.519. The number of anilines is 2. The Morgan fingerprint density at radius 3 is 1.55 bits per heavy atom. The summed E-state index contributed by atoms with van der Waals surface area (Å²) in [5, 5.41) is 0. The van der Waals surface area contributed by atoms with Crippen molar-refractivity contribution >= 4 is 28.2 Å². The fourth-order valence-corrected chi connectivity index (χ4v) is 7.90. The zero-order valence-corrected chi connectivity index (χ0v) is 32.1. The third kappa shape index (κ3) is 9.75. The van der Waals surface area contributed by atoms with E-state index in [-0.39, 0.29) is 0 Å². The number of hydrogen-bond acceptors (Lipinski definition) is 3. The van der Waals surface area contributed by atoms with E-state index in [4.69, 9.17) is 0 Å². The van der Waals surface area contributed by atoms with Crippen molar-refractivity contribution in [3.05, 3.63) is 108 Å². The summed E-state index contributed by atoms with van der Waals surface area (Å²) in [6, 6.07) is 19.3. The fraction of sp³-hybridized carbons (Fsp3) is 0.489. The highest BCUT2D eigenvalue weighted by Crippen LogP contribution is 2.38. The van der Waals surface area contributed by atoms with Crippen molar-refractivity contribution in [3.8, 4) is 0 Å². The van der Waals surface area contributed by atoms with Gasteiger partial charge in [0.25, 0.3) is 0 Å². The number of hydrogen-bond donors (Lipinski definition) is 0. The molecule has 0 aliphatic heterocycles. The average molecular weight is 662 g/mol. The molecule has 1 saturated carbocycles. The minimum Gasteiger partial charge on any atom is -0.372 e. The molecular weight excluding hydrogens is 597 g/mol. The lowest BCUT2D eigenvalue weighted by Crippen LogP contribution is -2.37. The summed E-state index contributed by atoms with van der Waals surface area (Å²) in [5.74, 6) is 0.570. The monoisotopic (exact) mass is 662 g/mol. The third-order valence-corrected chi connectivity index (χ3v) is 10.9. The Morgan fingerprint density at radius 1 is 0.612 bits per heavy atom. The van der Waals surface area contributed by atoms with E-state index in [2.05, 4.69) is 166 Å². The molecule has 2 aliphatic carbocycles. The third-order valence-electron chi connectivity index (χ3n) is 10.9. The highest BCUT2D eigenvalue weighted by molar-refractivity contribution is 6.03. The van der Waals surface area contributed by atoms with Crippen LogP contribution in [0, 0.1) is 5.92 Å². The lowest BCUT2D eigenvalue weighted by Gasteiger charge is -2.36. The molecule has 0 amide bonds. The van der Waals surface area contributed by atoms with Gasteiger partial charge in [-0.05, 0) is 150 Å². The van der Waals surface area contributed by atoms with E-state index < -0.39 is 0 Å². The van der Waals surface area contributed by atoms with Gasteiger partial charge in [0.15, 0.2) is 5.71 Å². The second kappa shape index (κ2) is 19.5. The molecule has 4 heteroatoms. The van der Waals surface area contributed by atoms with Gasteiger partial charge in [-0.3, -0.25) is 0 Å². The van der Waals surface area contributed by atoms with E-state index >= 15 is 0 Å². The van der Waals surface area contributed by atoms with Crippen LogP contribution in [0.2, 0.25) is 0 Å². The molecule has 0 heterocycles. The van der Waals surface area contributed by atoms with Gasteiger partial charge in [0.1, 0.15) is 13.1 Å². The first-order chi connectivity index (χ1) is 23.9. The molecule has 0 radical (unpaired) electrons. The normalized spacial score (nSPS) is 18.1. The summed E-state index contributed by atoms with van der Waals surface area (Å²) in [6.45, 7) is 26.4. The van der Waals surface area contributed by atoms with E-state index in [1.54, 1.807) is 0 Å². The Balaban J connectivity index is 1.74. The van der Waals surface area contributed by atoms with Crippen molar-refractivity contribution in [1.82, 2.24) is 4.90 Å². The standard InChI is InChI=1S/C45H65N4/c1-9-46(10-2)40-28-20-36(21-29-40)44(37-22-30-41(31-23-37)47(11-3)12-4)18-17-19-45(38-24-32-42(33-25-38)48(13-5)14-6)39-26-34-43(35-27-39)49(15-7)16-8/h17-25,28-33,39,43H,9-16,26-27,34-35H2,1-8H3/q+1. The van der Waals surface area contributed by atoms with E-state index in [1.807, 2.05) is 0 Å². The highest BCUT2D eigenvalue weighted by atomic mass is 15.1. The van der Waals surface area contributed by atoms with Crippen LogP contribution in [0.3, 0.4) is 0 Å². The molecule has 0 spiro atoms. The maximum absolute atomic E-state index is 2.66. The first kappa shape index (κ1) is 38.2. The molecule has 0 atom stereocenters. The Hall–Kier alpha value is -3.63. The average Bonchev–Trinajstić information content (AvgIpc) is 3.15. The van der Waals surface area contributed by atoms with Gasteiger partial charge in [-0.15, -0.1) is 0 Å². The first-order valence-electron chi connectivity index (χ1n) is 19.5. The van der Waals surface area contributed by atoms with Crippen LogP contribution in [0.4, 0.5) is 11.4 Å². The number of nitrogens with zero attached hydrogens (tertiary/aromatic N) is 4. The van der Waals surface area contributed by atoms with E-state index in [1.165, 1.54) is 70.6 Å². The van der Waals surface area contributed by atoms with Crippen LogP contribution in [0.15, 0.2) is 96.6 Å². The summed E-state index contributed by atoms with van der Waals surface area (Å²) < 4.78 is 2.41. The highest BCUT2D eigenvalue weighted by Gasteiger charge is 2.27. The zero-order chi connectivity index (χ0) is 35.2. The van der Waals surface area contributed by atoms with Crippen LogP contribution in [0.5, 0.6) is 0 Å². The summed E-state index contributed by atoms with van der Waals surface area (Å²) >= 11 is 0. The van der Waals surface area contributed by atoms with Gasteiger partial charge >= 0.3 is 0 Å². The molecule has 4 rings (SSSR count). The van der Waals surface area contributed by atoms with Gasteiger partial charge in [-0.2, -0.15) is 0 Å². The molecule has 2 aliphatic rings. The molecular formula is C45H65N4+. The second-order valence-electron chi connectivity index (χ2n) is 13.3. The SMILES string of the molecule is CCN(CC)c1ccc(C(=CC=CC(=C2C=CC(=[N+](CC)CC)C=C2)c2ccc(N(CC)CC)cc2)C2CCC(N(CC)CC)CC2)cc1. The van der Waals surface area contributed by atoms with E-state index in [0.29, 0.717) is 12.0 Å². The van der Waals surface area contributed by atoms with Crippen LogP contribution < -0.4 is 9.80 Å². The Kier molecular flexibility index (Phi) is 15.2. The molecule has 264 valence electrons. The fourth-order valence-electron chi connectivity index (χ4n) is 7.90. The predicted octanol–water partition coefficient (Wildman–Crippen LogP) is 10.3. The van der Waals surface area contributed by atoms with Crippen molar-refractivity contribution in [2.75, 3.05) is 62.2 Å². The minimum absolute atomic E-state index is 0.570. The maximum atomic E-state index is 2.66. The van der Waals surface area contributed by atoms with Gasteiger partial charge in [-0.25, -0.2) is 4.58 Å². The van der Waals surface area contributed by atoms with Gasteiger partial charge in [-0.1, -0.05) is 56.3 Å². The largest absolute Gasteiger partial charge is 0.372 e. The van der Waals surface area contributed by atoms with Gasteiger partial charge in [0.2, 0.25) is 0 Å². The molecule has 1 fully saturated rings. The van der Waals surface area contributed by atoms with Crippen LogP contribution in [0.1, 0.15) is 92.2 Å². The van der Waals surface area contributed by atoms with Gasteiger partial charge in [0, 0.05) is 55.7 Å². The Labute approximate surface area is 299 Å².